The topological polar surface area (TPSA) is 171 Å². The minimum atomic E-state index is -1.06. The molecule has 10 rings (SSSR count). The van der Waals surface area contributed by atoms with Crippen molar-refractivity contribution in [2.75, 3.05) is 43.4 Å². The molecule has 64 heavy (non-hydrogen) atoms. The number of halogens is 1. The molecule has 0 spiro atoms. The van der Waals surface area contributed by atoms with Gasteiger partial charge in [0.1, 0.15) is 23.7 Å². The van der Waals surface area contributed by atoms with Crippen LogP contribution in [0.3, 0.4) is 0 Å². The van der Waals surface area contributed by atoms with Crippen molar-refractivity contribution in [2.24, 2.45) is 0 Å². The third-order valence-corrected chi connectivity index (χ3v) is 13.9. The Labute approximate surface area is 373 Å². The standard InChI is InChI=1S/C47H48FN9O6S/c48-37-23-31(22-35-36(37)25-57(46(35)62)43(45(61)53-47-49-16-21-64-47)42-39-2-1-17-56(39)27-50-42)29-5-9-33(10-6-29)63-34-15-20-55(24-34)41(59)26-54-18-13-30(14-19-54)28-3-7-32(8-4-28)51-38-11-12-40(58)52-44(38)60/h3-10,16,21-23,27,30,34,38,43,51H,1-2,11-15,17-20,24-26H2,(H,49,53,61)(H,52,58,60)/t34-,38-,43?/m0/s1. The molecule has 5 amide bonds. The van der Waals surface area contributed by atoms with Gasteiger partial charge in [0.05, 0.1) is 31.7 Å². The zero-order valence-electron chi connectivity index (χ0n) is 35.1. The van der Waals surface area contributed by atoms with E-state index >= 15 is 4.39 Å². The van der Waals surface area contributed by atoms with E-state index in [1.54, 1.807) is 24.0 Å². The summed E-state index contributed by atoms with van der Waals surface area (Å²) in [5, 5.41) is 10.6. The summed E-state index contributed by atoms with van der Waals surface area (Å²) in [7, 11) is 0. The number of hydrogen-bond donors (Lipinski definition) is 3. The maximum atomic E-state index is 15.9. The lowest BCUT2D eigenvalue weighted by molar-refractivity contribution is -0.134. The summed E-state index contributed by atoms with van der Waals surface area (Å²) in [6, 6.07) is 17.1. The third-order valence-electron chi connectivity index (χ3n) is 13.2. The van der Waals surface area contributed by atoms with Crippen molar-refractivity contribution in [1.82, 2.24) is 34.6 Å². The second kappa shape index (κ2) is 17.6. The summed E-state index contributed by atoms with van der Waals surface area (Å²) >= 11 is 1.27. The molecule has 5 aromatic rings. The number of carbonyl (C=O) groups excluding carboxylic acids is 5. The van der Waals surface area contributed by atoms with Gasteiger partial charge in [0, 0.05) is 60.0 Å². The zero-order valence-corrected chi connectivity index (χ0v) is 35.9. The van der Waals surface area contributed by atoms with Crippen molar-refractivity contribution in [2.45, 2.75) is 82.1 Å². The molecule has 3 aromatic carbocycles. The molecular formula is C47H48FN9O6S. The lowest BCUT2D eigenvalue weighted by atomic mass is 9.89. The molecule has 17 heteroatoms. The van der Waals surface area contributed by atoms with Crippen LogP contribution in [0.1, 0.15) is 83.4 Å². The summed E-state index contributed by atoms with van der Waals surface area (Å²) < 4.78 is 24.2. The first-order valence-electron chi connectivity index (χ1n) is 22.0. The first-order chi connectivity index (χ1) is 31.1. The van der Waals surface area contributed by atoms with E-state index in [1.807, 2.05) is 45.9 Å². The van der Waals surface area contributed by atoms with Gasteiger partial charge in [0.2, 0.25) is 17.7 Å². The SMILES string of the molecule is O=C1CC[C@H](Nc2ccc(C3CCN(CC(=O)N4CC[C@H](Oc5ccc(-c6cc(F)c7c(c6)C(=O)N(C(C(=O)Nc6nccs6)c6ncn8c6CCC8)C7)cc5)C4)CC3)cc2)C(=O)N1. The van der Waals surface area contributed by atoms with Gasteiger partial charge in [0.25, 0.3) is 11.8 Å². The number of ether oxygens (including phenoxy) is 1. The third kappa shape index (κ3) is 8.48. The van der Waals surface area contributed by atoms with E-state index in [4.69, 9.17) is 4.74 Å². The Morgan fingerprint density at radius 3 is 2.50 bits per heavy atom. The molecule has 1 unspecified atom stereocenters. The van der Waals surface area contributed by atoms with Gasteiger partial charge in [-0.2, -0.15) is 0 Å². The molecule has 0 bridgehead atoms. The molecule has 15 nitrogen and oxygen atoms in total. The molecule has 5 aliphatic heterocycles. The van der Waals surface area contributed by atoms with E-state index in [0.29, 0.717) is 72.5 Å². The van der Waals surface area contributed by atoms with Crippen LogP contribution in [0.5, 0.6) is 5.75 Å². The number of aromatic nitrogens is 3. The van der Waals surface area contributed by atoms with Crippen molar-refractivity contribution in [3.05, 3.63) is 112 Å². The average molecular weight is 886 g/mol. The number of rotatable bonds is 12. The van der Waals surface area contributed by atoms with E-state index in [-0.39, 0.29) is 41.5 Å². The van der Waals surface area contributed by atoms with E-state index < -0.39 is 29.7 Å². The highest BCUT2D eigenvalue weighted by Gasteiger charge is 2.42. The Hall–Kier alpha value is -6.46. The number of imide groups is 1. The van der Waals surface area contributed by atoms with E-state index in [9.17, 15) is 24.0 Å². The quantitative estimate of drug-likeness (QED) is 0.136. The smallest absolute Gasteiger partial charge is 0.255 e. The zero-order chi connectivity index (χ0) is 43.9. The van der Waals surface area contributed by atoms with Gasteiger partial charge >= 0.3 is 0 Å². The number of nitrogens with one attached hydrogen (secondary N) is 3. The van der Waals surface area contributed by atoms with Crippen molar-refractivity contribution >= 4 is 51.7 Å². The normalized spacial score (nSPS) is 20.5. The van der Waals surface area contributed by atoms with Crippen molar-refractivity contribution < 1.29 is 33.1 Å². The number of imidazole rings is 1. The van der Waals surface area contributed by atoms with E-state index in [1.165, 1.54) is 27.9 Å². The predicted molar refractivity (Wildman–Crippen MR) is 236 cm³/mol. The molecule has 0 aliphatic carbocycles. The van der Waals surface area contributed by atoms with Gasteiger partial charge in [-0.25, -0.2) is 14.4 Å². The van der Waals surface area contributed by atoms with Gasteiger partial charge in [-0.3, -0.25) is 39.5 Å². The Bertz CT molecular complexity index is 2590. The monoisotopic (exact) mass is 885 g/mol. The summed E-state index contributed by atoms with van der Waals surface area (Å²) in [5.74, 6) is -0.811. The highest BCUT2D eigenvalue weighted by atomic mass is 32.1. The number of carbonyl (C=O) groups is 5. The Morgan fingerprint density at radius 2 is 1.73 bits per heavy atom. The number of nitrogens with zero attached hydrogens (tertiary/aromatic N) is 6. The van der Waals surface area contributed by atoms with Crippen LogP contribution in [0.4, 0.5) is 15.2 Å². The minimum Gasteiger partial charge on any atom is -0.489 e. The molecule has 3 saturated heterocycles. The second-order valence-corrected chi connectivity index (χ2v) is 18.1. The fourth-order valence-electron chi connectivity index (χ4n) is 9.73. The number of fused-ring (bicyclic) bond motifs is 2. The average Bonchev–Trinajstić information content (AvgIpc) is 4.16. The molecule has 7 heterocycles. The van der Waals surface area contributed by atoms with Crippen LogP contribution in [-0.4, -0.2) is 104 Å². The number of likely N-dealkylation sites (tertiary alicyclic amines) is 2. The number of benzene rings is 3. The molecule has 330 valence electrons. The van der Waals surface area contributed by atoms with Crippen LogP contribution in [-0.2, 0) is 38.7 Å². The summed E-state index contributed by atoms with van der Waals surface area (Å²) in [6.45, 7) is 3.85. The number of thiazole rings is 1. The summed E-state index contributed by atoms with van der Waals surface area (Å²) in [6.07, 6.45) is 8.19. The molecule has 2 aromatic heterocycles. The first-order valence-corrected chi connectivity index (χ1v) is 22.9. The summed E-state index contributed by atoms with van der Waals surface area (Å²) in [5.41, 5.74) is 5.18. The molecular weight excluding hydrogens is 838 g/mol. The molecule has 3 N–H and O–H groups in total. The molecule has 0 saturated carbocycles. The number of hydrogen-bond acceptors (Lipinski definition) is 11. The van der Waals surface area contributed by atoms with Crippen LogP contribution in [0.2, 0.25) is 0 Å². The minimum absolute atomic E-state index is 0.0694. The number of anilines is 2. The molecule has 3 fully saturated rings. The Morgan fingerprint density at radius 1 is 0.922 bits per heavy atom. The highest BCUT2D eigenvalue weighted by Crippen LogP contribution is 2.38. The summed E-state index contributed by atoms with van der Waals surface area (Å²) in [4.78, 5) is 79.2. The van der Waals surface area contributed by atoms with Crippen molar-refractivity contribution in [1.29, 1.82) is 0 Å². The van der Waals surface area contributed by atoms with E-state index in [2.05, 4.69) is 43.0 Å². The van der Waals surface area contributed by atoms with Crippen LogP contribution in [0.15, 0.2) is 78.6 Å². The van der Waals surface area contributed by atoms with Gasteiger partial charge < -0.3 is 24.4 Å². The van der Waals surface area contributed by atoms with Crippen molar-refractivity contribution in [3.63, 3.8) is 0 Å². The maximum absolute atomic E-state index is 15.9. The maximum Gasteiger partial charge on any atom is 0.255 e. The number of piperidine rings is 2. The largest absolute Gasteiger partial charge is 0.489 e. The number of amides is 5. The van der Waals surface area contributed by atoms with E-state index in [0.717, 1.165) is 56.7 Å². The molecule has 5 aliphatic rings. The van der Waals surface area contributed by atoms with Gasteiger partial charge in [0.15, 0.2) is 11.2 Å². The predicted octanol–water partition coefficient (Wildman–Crippen LogP) is 5.50. The Balaban J connectivity index is 0.719. The highest BCUT2D eigenvalue weighted by molar-refractivity contribution is 7.13. The second-order valence-electron chi connectivity index (χ2n) is 17.2. The van der Waals surface area contributed by atoms with Crippen LogP contribution in [0.25, 0.3) is 11.1 Å². The lowest BCUT2D eigenvalue weighted by Gasteiger charge is -2.32. The number of aryl methyl sites for hydroxylation is 1. The van der Waals surface area contributed by atoms with Crippen LogP contribution >= 0.6 is 11.3 Å². The molecule has 0 radical (unpaired) electrons. The molecule has 3 atom stereocenters. The van der Waals surface area contributed by atoms with Gasteiger partial charge in [-0.15, -0.1) is 11.3 Å². The Kier molecular flexibility index (Phi) is 11.4. The van der Waals surface area contributed by atoms with Crippen LogP contribution in [0, 0.1) is 5.82 Å². The van der Waals surface area contributed by atoms with Crippen molar-refractivity contribution in [3.8, 4) is 16.9 Å². The fourth-order valence-corrected chi connectivity index (χ4v) is 10.3. The van der Waals surface area contributed by atoms with Gasteiger partial charge in [-0.1, -0.05) is 24.3 Å². The van der Waals surface area contributed by atoms with Crippen LogP contribution < -0.4 is 20.7 Å². The lowest BCUT2D eigenvalue weighted by Crippen LogP contribution is -2.47. The first kappa shape index (κ1) is 41.5. The van der Waals surface area contributed by atoms with Gasteiger partial charge in [-0.05, 0) is 104 Å². The fraction of sp³-hybridized carbons (Fsp3) is 0.383.